The van der Waals surface area contributed by atoms with E-state index < -0.39 is 0 Å². The second-order valence-corrected chi connectivity index (χ2v) is 5.87. The molecule has 2 aromatic rings. The van der Waals surface area contributed by atoms with Gasteiger partial charge in [-0.25, -0.2) is 9.97 Å². The number of aromatic nitrogens is 2. The number of nitrogens with zero attached hydrogens (tertiary/aromatic N) is 4. The standard InChI is InChI=1S/C17H18N4OS/c1-4-21(14-8-6-5-7-9-14)16(22)11-23-17-15(10-18)12(2)19-13(3)20-17/h5-9H,4,11H2,1-3H3. The van der Waals surface area contributed by atoms with E-state index in [1.165, 1.54) is 11.8 Å². The number of para-hydroxylation sites is 1. The topological polar surface area (TPSA) is 69.9 Å². The SMILES string of the molecule is CCN(C(=O)CSc1nc(C)nc(C)c1C#N)c1ccccc1. The van der Waals surface area contributed by atoms with Crippen molar-refractivity contribution >= 4 is 23.4 Å². The number of carbonyl (C=O) groups excluding carboxylic acids is 1. The summed E-state index contributed by atoms with van der Waals surface area (Å²) < 4.78 is 0. The highest BCUT2D eigenvalue weighted by atomic mass is 32.2. The Morgan fingerprint density at radius 2 is 1.96 bits per heavy atom. The highest BCUT2D eigenvalue weighted by molar-refractivity contribution is 8.00. The highest BCUT2D eigenvalue weighted by Crippen LogP contribution is 2.23. The van der Waals surface area contributed by atoms with Gasteiger partial charge in [0.25, 0.3) is 0 Å². The zero-order valence-electron chi connectivity index (χ0n) is 13.4. The van der Waals surface area contributed by atoms with Crippen LogP contribution in [-0.4, -0.2) is 28.2 Å². The molecule has 0 atom stereocenters. The van der Waals surface area contributed by atoms with Crippen LogP contribution in [-0.2, 0) is 4.79 Å². The second kappa shape index (κ2) is 7.75. The van der Waals surface area contributed by atoms with Crippen LogP contribution in [0.25, 0.3) is 0 Å². The number of rotatable bonds is 5. The van der Waals surface area contributed by atoms with Crippen molar-refractivity contribution in [3.8, 4) is 6.07 Å². The van der Waals surface area contributed by atoms with Crippen molar-refractivity contribution < 1.29 is 4.79 Å². The van der Waals surface area contributed by atoms with Crippen LogP contribution in [0, 0.1) is 25.2 Å². The number of hydrogen-bond acceptors (Lipinski definition) is 5. The maximum atomic E-state index is 12.5. The molecule has 0 aliphatic carbocycles. The average molecular weight is 326 g/mol. The molecule has 1 aromatic heterocycles. The highest BCUT2D eigenvalue weighted by Gasteiger charge is 2.17. The molecule has 0 radical (unpaired) electrons. The Hall–Kier alpha value is -2.39. The number of thioether (sulfide) groups is 1. The summed E-state index contributed by atoms with van der Waals surface area (Å²) in [5, 5.41) is 9.81. The minimum absolute atomic E-state index is 0.0125. The van der Waals surface area contributed by atoms with Gasteiger partial charge in [0.05, 0.1) is 11.4 Å². The molecule has 5 nitrogen and oxygen atoms in total. The Kier molecular flexibility index (Phi) is 5.72. The van der Waals surface area contributed by atoms with Crippen molar-refractivity contribution in [3.05, 3.63) is 47.4 Å². The van der Waals surface area contributed by atoms with E-state index in [1.54, 1.807) is 18.7 Å². The van der Waals surface area contributed by atoms with E-state index >= 15 is 0 Å². The molecule has 0 N–H and O–H groups in total. The first-order valence-corrected chi connectivity index (χ1v) is 8.29. The first kappa shape index (κ1) is 17.0. The van der Waals surface area contributed by atoms with Crippen molar-refractivity contribution in [1.82, 2.24) is 9.97 Å². The van der Waals surface area contributed by atoms with Crippen LogP contribution >= 0.6 is 11.8 Å². The van der Waals surface area contributed by atoms with Gasteiger partial charge in [0.1, 0.15) is 22.5 Å². The predicted octanol–water partition coefficient (Wildman–Crippen LogP) is 3.11. The maximum absolute atomic E-state index is 12.5. The van der Waals surface area contributed by atoms with Crippen molar-refractivity contribution in [2.75, 3.05) is 17.2 Å². The number of benzene rings is 1. The number of hydrogen-bond donors (Lipinski definition) is 0. The van der Waals surface area contributed by atoms with Crippen LogP contribution in [0.15, 0.2) is 35.4 Å². The van der Waals surface area contributed by atoms with E-state index in [9.17, 15) is 10.1 Å². The molecule has 1 aromatic carbocycles. The summed E-state index contributed by atoms with van der Waals surface area (Å²) in [4.78, 5) is 22.7. The Balaban J connectivity index is 2.15. The lowest BCUT2D eigenvalue weighted by atomic mass is 10.3. The van der Waals surface area contributed by atoms with Crippen molar-refractivity contribution in [3.63, 3.8) is 0 Å². The molecule has 0 bridgehead atoms. The zero-order chi connectivity index (χ0) is 16.8. The Morgan fingerprint density at radius 1 is 1.26 bits per heavy atom. The second-order valence-electron chi connectivity index (χ2n) is 4.91. The van der Waals surface area contributed by atoms with Gasteiger partial charge in [-0.15, -0.1) is 0 Å². The van der Waals surface area contributed by atoms with Crippen molar-refractivity contribution in [2.45, 2.75) is 25.8 Å². The first-order valence-electron chi connectivity index (χ1n) is 7.30. The minimum Gasteiger partial charge on any atom is -0.312 e. The lowest BCUT2D eigenvalue weighted by Crippen LogP contribution is -2.32. The number of anilines is 1. The Labute approximate surface area is 140 Å². The van der Waals surface area contributed by atoms with Crippen LogP contribution in [0.3, 0.4) is 0 Å². The monoisotopic (exact) mass is 326 g/mol. The molecule has 1 heterocycles. The average Bonchev–Trinajstić information content (AvgIpc) is 2.54. The number of carbonyl (C=O) groups is 1. The largest absolute Gasteiger partial charge is 0.312 e. The molecule has 2 rings (SSSR count). The van der Waals surface area contributed by atoms with Gasteiger partial charge in [-0.05, 0) is 32.9 Å². The fourth-order valence-electron chi connectivity index (χ4n) is 2.23. The van der Waals surface area contributed by atoms with Crippen LogP contribution in [0.4, 0.5) is 5.69 Å². The summed E-state index contributed by atoms with van der Waals surface area (Å²) in [5.41, 5.74) is 1.96. The van der Waals surface area contributed by atoms with E-state index in [1.807, 2.05) is 37.3 Å². The quantitative estimate of drug-likeness (QED) is 0.624. The predicted molar refractivity (Wildman–Crippen MR) is 91.4 cm³/mol. The summed E-state index contributed by atoms with van der Waals surface area (Å²) >= 11 is 1.28. The molecule has 0 saturated heterocycles. The van der Waals surface area contributed by atoms with E-state index in [2.05, 4.69) is 16.0 Å². The van der Waals surface area contributed by atoms with Crippen molar-refractivity contribution in [1.29, 1.82) is 5.26 Å². The fourth-order valence-corrected chi connectivity index (χ4v) is 3.18. The normalized spacial score (nSPS) is 10.2. The molecule has 0 spiro atoms. The minimum atomic E-state index is -0.0125. The maximum Gasteiger partial charge on any atom is 0.237 e. The fraction of sp³-hybridized carbons (Fsp3) is 0.294. The molecule has 0 unspecified atom stereocenters. The number of amides is 1. The van der Waals surface area contributed by atoms with E-state index in [-0.39, 0.29) is 11.7 Å². The number of nitriles is 1. The third-order valence-electron chi connectivity index (χ3n) is 3.30. The third-order valence-corrected chi connectivity index (χ3v) is 4.26. The van der Waals surface area contributed by atoms with Gasteiger partial charge in [-0.3, -0.25) is 4.79 Å². The number of aryl methyl sites for hydroxylation is 2. The first-order chi connectivity index (χ1) is 11.1. The van der Waals surface area contributed by atoms with E-state index in [0.717, 1.165) is 5.69 Å². The summed E-state index contributed by atoms with van der Waals surface area (Å²) in [6.07, 6.45) is 0. The summed E-state index contributed by atoms with van der Waals surface area (Å²) in [6, 6.07) is 11.7. The Bertz CT molecular complexity index is 740. The molecule has 6 heteroatoms. The summed E-state index contributed by atoms with van der Waals surface area (Å²) in [6.45, 7) is 6.09. The van der Waals surface area contributed by atoms with Gasteiger partial charge in [-0.1, -0.05) is 30.0 Å². The van der Waals surface area contributed by atoms with Gasteiger partial charge in [0.2, 0.25) is 5.91 Å². The van der Waals surface area contributed by atoms with Gasteiger partial charge in [0.15, 0.2) is 0 Å². The van der Waals surface area contributed by atoms with Crippen LogP contribution in [0.5, 0.6) is 0 Å². The smallest absolute Gasteiger partial charge is 0.237 e. The molecule has 0 aliphatic heterocycles. The molecule has 1 amide bonds. The molecule has 0 saturated carbocycles. The molecule has 0 fully saturated rings. The summed E-state index contributed by atoms with van der Waals surface area (Å²) in [5.74, 6) is 0.821. The molecular weight excluding hydrogens is 308 g/mol. The van der Waals surface area contributed by atoms with Gasteiger partial charge >= 0.3 is 0 Å². The van der Waals surface area contributed by atoms with Gasteiger partial charge in [-0.2, -0.15) is 5.26 Å². The third kappa shape index (κ3) is 4.08. The lowest BCUT2D eigenvalue weighted by molar-refractivity contribution is -0.116. The summed E-state index contributed by atoms with van der Waals surface area (Å²) in [7, 11) is 0. The van der Waals surface area contributed by atoms with E-state index in [0.29, 0.717) is 28.7 Å². The zero-order valence-corrected chi connectivity index (χ0v) is 14.2. The molecule has 118 valence electrons. The van der Waals surface area contributed by atoms with E-state index in [4.69, 9.17) is 0 Å². The molecule has 0 aliphatic rings. The van der Waals surface area contributed by atoms with Gasteiger partial charge in [0, 0.05) is 12.2 Å². The van der Waals surface area contributed by atoms with Crippen molar-refractivity contribution in [2.24, 2.45) is 0 Å². The van der Waals surface area contributed by atoms with Crippen LogP contribution in [0.1, 0.15) is 24.0 Å². The van der Waals surface area contributed by atoms with Crippen LogP contribution in [0.2, 0.25) is 0 Å². The van der Waals surface area contributed by atoms with Crippen LogP contribution < -0.4 is 4.90 Å². The lowest BCUT2D eigenvalue weighted by Gasteiger charge is -2.20. The molecular formula is C17H18N4OS. The van der Waals surface area contributed by atoms with Gasteiger partial charge < -0.3 is 4.90 Å². The Morgan fingerprint density at radius 3 is 2.57 bits per heavy atom. The molecule has 23 heavy (non-hydrogen) atoms.